The first-order chi connectivity index (χ1) is 27.2. The summed E-state index contributed by atoms with van der Waals surface area (Å²) >= 11 is 0. The van der Waals surface area contributed by atoms with Crippen LogP contribution < -0.4 is 0 Å². The summed E-state index contributed by atoms with van der Waals surface area (Å²) in [4.78, 5) is 25.9. The van der Waals surface area contributed by atoms with Crippen LogP contribution >= 0.6 is 0 Å². The van der Waals surface area contributed by atoms with Crippen LogP contribution in [0.15, 0.2) is 60.2 Å². The topological polar surface area (TPSA) is 262 Å². The average Bonchev–Trinajstić information content (AvgIpc) is 3.19. The Labute approximate surface area is 332 Å². The van der Waals surface area contributed by atoms with E-state index in [1.807, 2.05) is 19.9 Å². The molecule has 0 spiro atoms. The number of hydrogen-bond donors (Lipinski definition) is 9. The van der Waals surface area contributed by atoms with Crippen molar-refractivity contribution in [1.29, 1.82) is 0 Å². The third-order valence-electron chi connectivity index (χ3n) is 10.1. The maximum Gasteiger partial charge on any atom is 0.334 e. The summed E-state index contributed by atoms with van der Waals surface area (Å²) in [5, 5.41) is 95.7. The zero-order chi connectivity index (χ0) is 42.2. The van der Waals surface area contributed by atoms with Crippen LogP contribution in [-0.4, -0.2) is 132 Å². The summed E-state index contributed by atoms with van der Waals surface area (Å²) in [6.07, 6.45) is -1.90. The highest BCUT2D eigenvalue weighted by Crippen LogP contribution is 2.42. The average molecular weight is 809 g/mol. The van der Waals surface area contributed by atoms with E-state index in [1.54, 1.807) is 18.2 Å². The van der Waals surface area contributed by atoms with E-state index in [1.165, 1.54) is 19.1 Å². The molecule has 1 aromatic rings. The summed E-state index contributed by atoms with van der Waals surface area (Å²) in [6, 6.07) is 2.06. The Bertz CT molecular complexity index is 1540. The highest BCUT2D eigenvalue weighted by atomic mass is 16.7. The Morgan fingerprint density at radius 3 is 2.30 bits per heavy atom. The minimum Gasteiger partial charge on any atom is -0.508 e. The molecule has 2 unspecified atom stereocenters. The minimum absolute atomic E-state index is 0.0396. The number of hydrogen-bond acceptors (Lipinski definition) is 16. The van der Waals surface area contributed by atoms with Gasteiger partial charge in [-0.3, -0.25) is 0 Å². The van der Waals surface area contributed by atoms with Crippen LogP contribution in [0.1, 0.15) is 83.5 Å². The van der Waals surface area contributed by atoms with Crippen LogP contribution in [0.3, 0.4) is 0 Å². The maximum absolute atomic E-state index is 13.5. The molecule has 16 nitrogen and oxygen atoms in total. The summed E-state index contributed by atoms with van der Waals surface area (Å²) < 4.78 is 28.6. The Kier molecular flexibility index (Phi) is 19.8. The normalized spacial score (nSPS) is 29.6. The second-order valence-corrected chi connectivity index (χ2v) is 14.3. The van der Waals surface area contributed by atoms with Gasteiger partial charge in [0.05, 0.1) is 19.3 Å². The van der Waals surface area contributed by atoms with Gasteiger partial charge in [0.1, 0.15) is 66.9 Å². The number of phenols is 2. The predicted octanol–water partition coefficient (Wildman–Crippen LogP) is 2.02. The number of carbonyl (C=O) groups is 2. The van der Waals surface area contributed by atoms with Gasteiger partial charge in [-0.2, -0.15) is 0 Å². The molecule has 2 fully saturated rings. The Hall–Kier alpha value is -3.68. The first-order valence-corrected chi connectivity index (χ1v) is 19.4. The van der Waals surface area contributed by atoms with Gasteiger partial charge in [-0.15, -0.1) is 0 Å². The van der Waals surface area contributed by atoms with E-state index in [-0.39, 0.29) is 22.6 Å². The van der Waals surface area contributed by atoms with E-state index < -0.39 is 111 Å². The molecule has 1 aromatic carbocycles. The number of ether oxygens (including phenoxy) is 5. The second-order valence-electron chi connectivity index (χ2n) is 14.3. The van der Waals surface area contributed by atoms with Crippen molar-refractivity contribution in [3.8, 4) is 11.5 Å². The summed E-state index contributed by atoms with van der Waals surface area (Å²) in [7, 11) is 0. The molecular formula is C41H60O16. The van der Waals surface area contributed by atoms with Crippen LogP contribution in [-0.2, 0) is 39.9 Å². The monoisotopic (exact) mass is 808 g/mol. The summed E-state index contributed by atoms with van der Waals surface area (Å²) in [5.74, 6) is -2.70. The van der Waals surface area contributed by atoms with Gasteiger partial charge in [-0.05, 0) is 43.7 Å². The lowest BCUT2D eigenvalue weighted by atomic mass is 9.88. The first kappa shape index (κ1) is 47.7. The van der Waals surface area contributed by atoms with Crippen LogP contribution in [0, 0.1) is 5.92 Å². The summed E-state index contributed by atoms with van der Waals surface area (Å²) in [6.45, 7) is 5.21. The van der Waals surface area contributed by atoms with Crippen LogP contribution in [0.25, 0.3) is 0 Å². The number of benzene rings is 1. The van der Waals surface area contributed by atoms with Crippen molar-refractivity contribution in [2.45, 2.75) is 140 Å². The number of aliphatic hydroxyl groups is 7. The number of rotatable bonds is 20. The van der Waals surface area contributed by atoms with E-state index in [0.29, 0.717) is 6.42 Å². The van der Waals surface area contributed by atoms with Crippen molar-refractivity contribution in [1.82, 2.24) is 0 Å². The highest BCUT2D eigenvalue weighted by molar-refractivity contribution is 5.88. The van der Waals surface area contributed by atoms with Crippen molar-refractivity contribution < 1.29 is 79.2 Å². The molecule has 0 saturated carbocycles. The van der Waals surface area contributed by atoms with Gasteiger partial charge in [0.2, 0.25) is 0 Å². The molecule has 0 bridgehead atoms. The third kappa shape index (κ3) is 13.4. The lowest BCUT2D eigenvalue weighted by molar-refractivity contribution is -0.343. The molecule has 16 heteroatoms. The molecule has 2 heterocycles. The molecule has 2 saturated heterocycles. The molecule has 0 amide bonds. The van der Waals surface area contributed by atoms with Gasteiger partial charge < -0.3 is 69.6 Å². The molecule has 2 aliphatic rings. The number of aromatic hydroxyl groups is 2. The molecule has 57 heavy (non-hydrogen) atoms. The Balaban J connectivity index is 1.89. The molecule has 9 N–H and O–H groups in total. The number of unbranched alkanes of at least 4 members (excludes halogenated alkanes) is 3. The van der Waals surface area contributed by atoms with Crippen molar-refractivity contribution in [3.05, 3.63) is 71.4 Å². The van der Waals surface area contributed by atoms with Gasteiger partial charge >= 0.3 is 11.9 Å². The third-order valence-corrected chi connectivity index (χ3v) is 10.1. The number of aliphatic hydroxyl groups excluding tert-OH is 7. The molecule has 0 aliphatic carbocycles. The van der Waals surface area contributed by atoms with Gasteiger partial charge in [-0.1, -0.05) is 76.5 Å². The number of allylic oxidation sites excluding steroid dienone is 5. The lowest BCUT2D eigenvalue weighted by Crippen LogP contribution is -2.64. The van der Waals surface area contributed by atoms with Crippen molar-refractivity contribution in [2.24, 2.45) is 5.92 Å². The molecule has 12 atom stereocenters. The van der Waals surface area contributed by atoms with Crippen molar-refractivity contribution >= 4 is 11.9 Å². The summed E-state index contributed by atoms with van der Waals surface area (Å²) in [5.41, 5.74) is -0.208. The van der Waals surface area contributed by atoms with Crippen molar-refractivity contribution in [2.75, 3.05) is 13.2 Å². The SMILES string of the molecule is CCCCC/C=C/C=C/C(=O)OC[C@H]1O[C@@H](O[C@H]2[C@H](OC(=O)/C(C)=C/C=C\CC(O)C(C)CC)[C@@H](O)[C@H](c3c(O)cc(O)cc3CO)O[C@@H]2CO)[C@H](O)[C@@H](O)[C@H]1O. The van der Waals surface area contributed by atoms with Gasteiger partial charge in [0.25, 0.3) is 0 Å². The number of esters is 2. The van der Waals surface area contributed by atoms with E-state index in [0.717, 1.165) is 50.3 Å². The highest BCUT2D eigenvalue weighted by Gasteiger charge is 2.53. The smallest absolute Gasteiger partial charge is 0.334 e. The second kappa shape index (κ2) is 23.7. The molecule has 2 aliphatic heterocycles. The van der Waals surface area contributed by atoms with Gasteiger partial charge in [0, 0.05) is 23.3 Å². The Morgan fingerprint density at radius 1 is 0.895 bits per heavy atom. The minimum atomic E-state index is -1.95. The number of carbonyl (C=O) groups excluding carboxylic acids is 2. The lowest BCUT2D eigenvalue weighted by Gasteiger charge is -2.47. The standard InChI is InChI=1S/C41H60O16/c1-5-7-8-9-10-11-12-17-31(47)53-22-30-33(48)34(49)35(50)41(55-30)57-37-29(21-43)54-38(32-25(20-42)18-26(44)19-28(32)46)36(51)39(37)56-40(52)24(4)15-13-14-16-27(45)23(3)6-2/h10-15,17-19,23,27,29-30,33-39,41-46,48-51H,5-9,16,20-22H2,1-4H3/b11-10+,14-13-,17-12+,24-15+/t23?,27?,29-,30-,33+,34+,35-,36+,37-,38+,39-,41+/m1/s1. The molecular weight excluding hydrogens is 748 g/mol. The zero-order valence-electron chi connectivity index (χ0n) is 32.9. The van der Waals surface area contributed by atoms with Gasteiger partial charge in [-0.25, -0.2) is 9.59 Å². The molecule has 0 aromatic heterocycles. The largest absolute Gasteiger partial charge is 0.508 e. The quantitative estimate of drug-likeness (QED) is 0.0395. The fourth-order valence-electron chi connectivity index (χ4n) is 6.33. The van der Waals surface area contributed by atoms with E-state index >= 15 is 0 Å². The van der Waals surface area contributed by atoms with Crippen LogP contribution in [0.4, 0.5) is 0 Å². The van der Waals surface area contributed by atoms with E-state index in [9.17, 15) is 55.5 Å². The predicted molar refractivity (Wildman–Crippen MR) is 204 cm³/mol. The fourth-order valence-corrected chi connectivity index (χ4v) is 6.33. The van der Waals surface area contributed by atoms with E-state index in [2.05, 4.69) is 6.92 Å². The zero-order valence-corrected chi connectivity index (χ0v) is 32.9. The fraction of sp³-hybridized carbons (Fsp3) is 0.610. The van der Waals surface area contributed by atoms with Crippen LogP contribution in [0.2, 0.25) is 0 Å². The van der Waals surface area contributed by atoms with Gasteiger partial charge in [0.15, 0.2) is 12.4 Å². The van der Waals surface area contributed by atoms with Crippen LogP contribution in [0.5, 0.6) is 11.5 Å². The Morgan fingerprint density at radius 2 is 1.63 bits per heavy atom. The number of phenolic OH excluding ortho intramolecular Hbond substituents is 2. The first-order valence-electron chi connectivity index (χ1n) is 19.4. The maximum atomic E-state index is 13.5. The molecule has 320 valence electrons. The van der Waals surface area contributed by atoms with E-state index in [4.69, 9.17) is 23.7 Å². The van der Waals surface area contributed by atoms with Crippen molar-refractivity contribution in [3.63, 3.8) is 0 Å². The molecule has 3 rings (SSSR count). The molecule has 0 radical (unpaired) electrons.